The van der Waals surface area contributed by atoms with Crippen LogP contribution in [0.25, 0.3) is 6.08 Å². The summed E-state index contributed by atoms with van der Waals surface area (Å²) in [6.07, 6.45) is 1.81. The van der Waals surface area contributed by atoms with Crippen LogP contribution < -0.4 is 0 Å². The molecule has 0 saturated carbocycles. The second kappa shape index (κ2) is 4.31. The predicted octanol–water partition coefficient (Wildman–Crippen LogP) is 2.64. The molecular formula is C13H13NO2. The highest BCUT2D eigenvalue weighted by molar-refractivity contribution is 6.25. The molecule has 82 valence electrons. The van der Waals surface area contributed by atoms with Crippen LogP contribution in [0.2, 0.25) is 0 Å². The molecule has 0 amide bonds. The Morgan fingerprint density at radius 3 is 2.56 bits per heavy atom. The highest BCUT2D eigenvalue weighted by Gasteiger charge is 2.27. The molecule has 0 atom stereocenters. The first-order valence-corrected chi connectivity index (χ1v) is 5.25. The van der Waals surface area contributed by atoms with Crippen LogP contribution in [-0.4, -0.2) is 11.7 Å². The summed E-state index contributed by atoms with van der Waals surface area (Å²) in [5.41, 5.74) is 2.25. The first kappa shape index (κ1) is 10.6. The van der Waals surface area contributed by atoms with Crippen LogP contribution in [0, 0.1) is 5.92 Å². The number of hydrogen-bond acceptors (Lipinski definition) is 3. The number of oxime groups is 1. The Bertz CT molecular complexity index is 458. The van der Waals surface area contributed by atoms with Gasteiger partial charge in [0.1, 0.15) is 0 Å². The first-order chi connectivity index (χ1) is 7.68. The maximum absolute atomic E-state index is 11.5. The fourth-order valence-electron chi connectivity index (χ4n) is 1.56. The minimum absolute atomic E-state index is 0.182. The molecule has 1 aliphatic heterocycles. The molecule has 1 heterocycles. The molecule has 2 rings (SSSR count). The number of benzene rings is 1. The van der Waals surface area contributed by atoms with Crippen molar-refractivity contribution in [3.63, 3.8) is 0 Å². The van der Waals surface area contributed by atoms with Gasteiger partial charge in [-0.25, -0.2) is 4.79 Å². The SMILES string of the molecule is CC(C)C1=NOC(=O)/C1=C\c1ccccc1. The summed E-state index contributed by atoms with van der Waals surface area (Å²) in [7, 11) is 0. The van der Waals surface area contributed by atoms with Crippen molar-refractivity contribution in [1.29, 1.82) is 0 Å². The molecule has 0 unspecified atom stereocenters. The molecule has 0 bridgehead atoms. The highest BCUT2D eigenvalue weighted by Crippen LogP contribution is 2.19. The van der Waals surface area contributed by atoms with Crippen LogP contribution in [0.5, 0.6) is 0 Å². The van der Waals surface area contributed by atoms with Gasteiger partial charge in [0.25, 0.3) is 0 Å². The molecule has 0 spiro atoms. The van der Waals surface area contributed by atoms with Gasteiger partial charge in [0, 0.05) is 0 Å². The molecule has 0 fully saturated rings. The molecule has 0 saturated heterocycles. The summed E-state index contributed by atoms with van der Waals surface area (Å²) < 4.78 is 0. The Hall–Kier alpha value is -1.90. The maximum Gasteiger partial charge on any atom is 0.367 e. The van der Waals surface area contributed by atoms with E-state index in [9.17, 15) is 4.79 Å². The number of carbonyl (C=O) groups excluding carboxylic acids is 1. The summed E-state index contributed by atoms with van der Waals surface area (Å²) in [5, 5.41) is 3.79. The lowest BCUT2D eigenvalue weighted by atomic mass is 9.99. The summed E-state index contributed by atoms with van der Waals surface area (Å²) in [5.74, 6) is -0.186. The molecular weight excluding hydrogens is 202 g/mol. The number of nitrogens with zero attached hydrogens (tertiary/aromatic N) is 1. The van der Waals surface area contributed by atoms with Gasteiger partial charge < -0.3 is 4.84 Å². The van der Waals surface area contributed by atoms with E-state index in [0.29, 0.717) is 11.3 Å². The number of carbonyl (C=O) groups is 1. The van der Waals surface area contributed by atoms with Gasteiger partial charge in [-0.15, -0.1) is 0 Å². The largest absolute Gasteiger partial charge is 0.367 e. The van der Waals surface area contributed by atoms with Crippen molar-refractivity contribution in [2.24, 2.45) is 11.1 Å². The van der Waals surface area contributed by atoms with Gasteiger partial charge in [-0.05, 0) is 17.6 Å². The van der Waals surface area contributed by atoms with E-state index in [1.165, 1.54) is 0 Å². The Kier molecular flexibility index (Phi) is 2.86. The standard InChI is InChI=1S/C13H13NO2/c1-9(2)12-11(13(15)16-14-12)8-10-6-4-3-5-7-10/h3-9H,1-2H3/b11-8-. The second-order valence-corrected chi connectivity index (χ2v) is 3.98. The molecule has 1 aliphatic rings. The van der Waals surface area contributed by atoms with Gasteiger partial charge in [-0.1, -0.05) is 49.3 Å². The molecule has 0 aliphatic carbocycles. The second-order valence-electron chi connectivity index (χ2n) is 3.98. The Morgan fingerprint density at radius 1 is 1.25 bits per heavy atom. The van der Waals surface area contributed by atoms with E-state index in [0.717, 1.165) is 5.56 Å². The smallest absolute Gasteiger partial charge is 0.312 e. The molecule has 0 N–H and O–H groups in total. The maximum atomic E-state index is 11.5. The van der Waals surface area contributed by atoms with Gasteiger partial charge in [0.15, 0.2) is 0 Å². The number of hydrogen-bond donors (Lipinski definition) is 0. The van der Waals surface area contributed by atoms with E-state index in [1.807, 2.05) is 50.3 Å². The lowest BCUT2D eigenvalue weighted by molar-refractivity contribution is -0.136. The van der Waals surface area contributed by atoms with Gasteiger partial charge in [0.2, 0.25) is 0 Å². The minimum atomic E-state index is -0.368. The van der Waals surface area contributed by atoms with Crippen molar-refractivity contribution in [3.8, 4) is 0 Å². The van der Waals surface area contributed by atoms with E-state index < -0.39 is 0 Å². The quantitative estimate of drug-likeness (QED) is 0.562. The van der Waals surface area contributed by atoms with Crippen molar-refractivity contribution in [3.05, 3.63) is 41.5 Å². The minimum Gasteiger partial charge on any atom is -0.312 e. The van der Waals surface area contributed by atoms with Crippen molar-refractivity contribution >= 4 is 17.8 Å². The zero-order valence-corrected chi connectivity index (χ0v) is 9.31. The van der Waals surface area contributed by atoms with Crippen molar-refractivity contribution in [2.45, 2.75) is 13.8 Å². The highest BCUT2D eigenvalue weighted by atomic mass is 16.7. The lowest BCUT2D eigenvalue weighted by Gasteiger charge is -2.02. The zero-order valence-electron chi connectivity index (χ0n) is 9.31. The Morgan fingerprint density at radius 2 is 1.94 bits per heavy atom. The van der Waals surface area contributed by atoms with Crippen LogP contribution in [0.3, 0.4) is 0 Å². The number of rotatable bonds is 2. The summed E-state index contributed by atoms with van der Waals surface area (Å²) >= 11 is 0. The van der Waals surface area contributed by atoms with Gasteiger partial charge in [-0.3, -0.25) is 0 Å². The first-order valence-electron chi connectivity index (χ1n) is 5.25. The monoisotopic (exact) mass is 215 g/mol. The molecule has 16 heavy (non-hydrogen) atoms. The van der Waals surface area contributed by atoms with Crippen LogP contribution in [0.15, 0.2) is 41.1 Å². The van der Waals surface area contributed by atoms with Crippen LogP contribution in [0.4, 0.5) is 0 Å². The molecule has 1 aromatic carbocycles. The van der Waals surface area contributed by atoms with Gasteiger partial charge >= 0.3 is 5.97 Å². The third kappa shape index (κ3) is 2.03. The zero-order chi connectivity index (χ0) is 11.5. The topological polar surface area (TPSA) is 38.7 Å². The molecule has 1 aromatic rings. The Balaban J connectivity index is 2.36. The average molecular weight is 215 g/mol. The van der Waals surface area contributed by atoms with E-state index in [2.05, 4.69) is 5.16 Å². The Labute approximate surface area is 94.4 Å². The third-order valence-electron chi connectivity index (χ3n) is 2.38. The van der Waals surface area contributed by atoms with E-state index >= 15 is 0 Å². The normalized spacial score (nSPS) is 17.8. The summed E-state index contributed by atoms with van der Waals surface area (Å²) in [6, 6.07) is 9.68. The van der Waals surface area contributed by atoms with Gasteiger partial charge in [0.05, 0.1) is 11.3 Å². The third-order valence-corrected chi connectivity index (χ3v) is 2.38. The van der Waals surface area contributed by atoms with E-state index in [1.54, 1.807) is 0 Å². The fourth-order valence-corrected chi connectivity index (χ4v) is 1.56. The molecule has 3 heteroatoms. The molecule has 0 radical (unpaired) electrons. The van der Waals surface area contributed by atoms with Crippen molar-refractivity contribution in [1.82, 2.24) is 0 Å². The summed E-state index contributed by atoms with van der Waals surface area (Å²) in [6.45, 7) is 3.97. The van der Waals surface area contributed by atoms with Crippen LogP contribution in [0.1, 0.15) is 19.4 Å². The molecule has 3 nitrogen and oxygen atoms in total. The van der Waals surface area contributed by atoms with Crippen LogP contribution in [-0.2, 0) is 9.63 Å². The average Bonchev–Trinajstić information content (AvgIpc) is 2.62. The van der Waals surface area contributed by atoms with Gasteiger partial charge in [-0.2, -0.15) is 0 Å². The fraction of sp³-hybridized carbons (Fsp3) is 0.231. The predicted molar refractivity (Wildman–Crippen MR) is 62.8 cm³/mol. The van der Waals surface area contributed by atoms with Crippen molar-refractivity contribution < 1.29 is 9.63 Å². The van der Waals surface area contributed by atoms with Crippen molar-refractivity contribution in [2.75, 3.05) is 0 Å². The summed E-state index contributed by atoms with van der Waals surface area (Å²) in [4.78, 5) is 16.2. The van der Waals surface area contributed by atoms with E-state index in [-0.39, 0.29) is 11.9 Å². The van der Waals surface area contributed by atoms with E-state index in [4.69, 9.17) is 4.84 Å². The van der Waals surface area contributed by atoms with Crippen LogP contribution >= 0.6 is 0 Å². The molecule has 0 aromatic heterocycles. The lowest BCUT2D eigenvalue weighted by Crippen LogP contribution is -2.11.